The highest BCUT2D eigenvalue weighted by molar-refractivity contribution is 5.18. The van der Waals surface area contributed by atoms with Gasteiger partial charge in [0.15, 0.2) is 0 Å². The molecule has 0 saturated heterocycles. The van der Waals surface area contributed by atoms with Crippen LogP contribution in [0.15, 0.2) is 30.3 Å². The van der Waals surface area contributed by atoms with Crippen LogP contribution in [-0.4, -0.2) is 19.8 Å². The van der Waals surface area contributed by atoms with Crippen molar-refractivity contribution in [2.75, 3.05) is 19.8 Å². The molecule has 0 aliphatic carbocycles. The van der Waals surface area contributed by atoms with Gasteiger partial charge in [-0.1, -0.05) is 57.0 Å². The molecule has 1 aromatic carbocycles. The molecule has 0 fully saturated rings. The Balaban J connectivity index is 2.20. The molecule has 0 radical (unpaired) electrons. The van der Waals surface area contributed by atoms with Gasteiger partial charge < -0.3 is 10.1 Å². The molecule has 0 amide bonds. The summed E-state index contributed by atoms with van der Waals surface area (Å²) in [5.74, 6) is 0. The number of benzene rings is 1. The van der Waals surface area contributed by atoms with Gasteiger partial charge in [0.1, 0.15) is 0 Å². The Bertz CT molecular complexity index is 299. The third-order valence-electron chi connectivity index (χ3n) is 3.28. The molecule has 0 bridgehead atoms. The predicted molar refractivity (Wildman–Crippen MR) is 82.4 cm³/mol. The van der Waals surface area contributed by atoms with E-state index < -0.39 is 0 Å². The lowest BCUT2D eigenvalue weighted by Crippen LogP contribution is -2.23. The fraction of sp³-hybridized carbons (Fsp3) is 0.647. The van der Waals surface area contributed by atoms with Gasteiger partial charge in [0, 0.05) is 19.3 Å². The zero-order chi connectivity index (χ0) is 13.8. The van der Waals surface area contributed by atoms with Crippen molar-refractivity contribution in [2.24, 2.45) is 0 Å². The lowest BCUT2D eigenvalue weighted by molar-refractivity contribution is 0.128. The summed E-state index contributed by atoms with van der Waals surface area (Å²) in [7, 11) is 0. The fourth-order valence-electron chi connectivity index (χ4n) is 2.16. The predicted octanol–water partition coefficient (Wildman–Crippen LogP) is 4.32. The first-order chi connectivity index (χ1) is 9.38. The van der Waals surface area contributed by atoms with Gasteiger partial charge in [0.25, 0.3) is 0 Å². The molecule has 2 nitrogen and oxygen atoms in total. The first-order valence-electron chi connectivity index (χ1n) is 7.74. The molecule has 1 rings (SSSR count). The third kappa shape index (κ3) is 7.34. The fourth-order valence-corrected chi connectivity index (χ4v) is 2.16. The number of unbranched alkanes of at least 4 members (excludes halogenated alkanes) is 1. The van der Waals surface area contributed by atoms with Crippen molar-refractivity contribution in [2.45, 2.75) is 52.0 Å². The van der Waals surface area contributed by atoms with E-state index in [1.54, 1.807) is 0 Å². The molecule has 0 saturated carbocycles. The molecular formula is C17H29NO. The number of ether oxygens (including phenoxy) is 1. The average molecular weight is 263 g/mol. The number of rotatable bonds is 11. The van der Waals surface area contributed by atoms with Crippen LogP contribution in [0.5, 0.6) is 0 Å². The van der Waals surface area contributed by atoms with E-state index in [9.17, 15) is 0 Å². The molecule has 1 N–H and O–H groups in total. The summed E-state index contributed by atoms with van der Waals surface area (Å²) in [5, 5.41) is 3.65. The van der Waals surface area contributed by atoms with E-state index in [1.165, 1.54) is 31.2 Å². The van der Waals surface area contributed by atoms with Gasteiger partial charge in [-0.15, -0.1) is 0 Å². The average Bonchev–Trinajstić information content (AvgIpc) is 2.46. The number of hydrogen-bond donors (Lipinski definition) is 1. The molecule has 0 aromatic heterocycles. The minimum absolute atomic E-state index is 0.488. The largest absolute Gasteiger partial charge is 0.381 e. The van der Waals surface area contributed by atoms with Crippen LogP contribution in [0.25, 0.3) is 0 Å². The summed E-state index contributed by atoms with van der Waals surface area (Å²) < 4.78 is 5.58. The second-order valence-corrected chi connectivity index (χ2v) is 5.03. The van der Waals surface area contributed by atoms with E-state index in [-0.39, 0.29) is 0 Å². The lowest BCUT2D eigenvalue weighted by Gasteiger charge is -2.18. The topological polar surface area (TPSA) is 21.3 Å². The van der Waals surface area contributed by atoms with Crippen LogP contribution < -0.4 is 5.32 Å². The van der Waals surface area contributed by atoms with Crippen LogP contribution in [0, 0.1) is 0 Å². The number of hydrogen-bond acceptors (Lipinski definition) is 2. The first-order valence-corrected chi connectivity index (χ1v) is 7.74. The van der Waals surface area contributed by atoms with E-state index >= 15 is 0 Å². The van der Waals surface area contributed by atoms with Gasteiger partial charge in [-0.05, 0) is 31.4 Å². The van der Waals surface area contributed by atoms with E-state index in [4.69, 9.17) is 4.74 Å². The van der Waals surface area contributed by atoms with Crippen LogP contribution >= 0.6 is 0 Å². The van der Waals surface area contributed by atoms with Gasteiger partial charge in [-0.25, -0.2) is 0 Å². The van der Waals surface area contributed by atoms with Gasteiger partial charge in [-0.3, -0.25) is 0 Å². The van der Waals surface area contributed by atoms with Crippen molar-refractivity contribution in [3.8, 4) is 0 Å². The highest BCUT2D eigenvalue weighted by atomic mass is 16.5. The summed E-state index contributed by atoms with van der Waals surface area (Å²) >= 11 is 0. The van der Waals surface area contributed by atoms with Crippen LogP contribution in [0.1, 0.15) is 57.6 Å². The Morgan fingerprint density at radius 1 is 1.00 bits per heavy atom. The van der Waals surface area contributed by atoms with Crippen molar-refractivity contribution in [1.82, 2.24) is 5.32 Å². The second kappa shape index (κ2) is 11.0. The molecule has 0 heterocycles. The van der Waals surface area contributed by atoms with Crippen LogP contribution in [0.4, 0.5) is 0 Å². The van der Waals surface area contributed by atoms with Gasteiger partial charge in [-0.2, -0.15) is 0 Å². The lowest BCUT2D eigenvalue weighted by atomic mass is 10.0. The maximum atomic E-state index is 5.58. The Hall–Kier alpha value is -0.860. The standard InChI is InChI=1S/C17H29NO/c1-3-5-14-19-15-9-13-18-17(10-4-2)16-11-7-6-8-12-16/h6-8,11-12,17-18H,3-5,9-10,13-15H2,1-2H3. The summed E-state index contributed by atoms with van der Waals surface area (Å²) in [6.45, 7) is 7.26. The number of nitrogens with one attached hydrogen (secondary N) is 1. The van der Waals surface area contributed by atoms with Crippen LogP contribution in [0.3, 0.4) is 0 Å². The Labute approximate surface area is 118 Å². The van der Waals surface area contributed by atoms with Crippen LogP contribution in [0.2, 0.25) is 0 Å². The first kappa shape index (κ1) is 16.2. The van der Waals surface area contributed by atoms with Crippen molar-refractivity contribution < 1.29 is 4.74 Å². The maximum absolute atomic E-state index is 5.58. The highest BCUT2D eigenvalue weighted by Crippen LogP contribution is 2.17. The van der Waals surface area contributed by atoms with Crippen LogP contribution in [-0.2, 0) is 4.74 Å². The Kier molecular flexibility index (Phi) is 9.38. The summed E-state index contributed by atoms with van der Waals surface area (Å²) in [4.78, 5) is 0. The molecule has 108 valence electrons. The van der Waals surface area contributed by atoms with Crippen molar-refractivity contribution in [3.63, 3.8) is 0 Å². The zero-order valence-corrected chi connectivity index (χ0v) is 12.5. The van der Waals surface area contributed by atoms with E-state index in [0.29, 0.717) is 6.04 Å². The third-order valence-corrected chi connectivity index (χ3v) is 3.28. The SMILES string of the molecule is CCCCOCCCNC(CCC)c1ccccc1. The van der Waals surface area contributed by atoms with Crippen molar-refractivity contribution >= 4 is 0 Å². The summed E-state index contributed by atoms with van der Waals surface area (Å²) in [5.41, 5.74) is 1.40. The molecule has 0 spiro atoms. The van der Waals surface area contributed by atoms with E-state index in [0.717, 1.165) is 26.2 Å². The molecule has 0 aliphatic heterocycles. The Morgan fingerprint density at radius 2 is 1.74 bits per heavy atom. The van der Waals surface area contributed by atoms with Gasteiger partial charge >= 0.3 is 0 Å². The quantitative estimate of drug-likeness (QED) is 0.600. The summed E-state index contributed by atoms with van der Waals surface area (Å²) in [6, 6.07) is 11.2. The minimum atomic E-state index is 0.488. The molecule has 19 heavy (non-hydrogen) atoms. The molecule has 2 heteroatoms. The van der Waals surface area contributed by atoms with Crippen molar-refractivity contribution in [3.05, 3.63) is 35.9 Å². The molecular weight excluding hydrogens is 234 g/mol. The van der Waals surface area contributed by atoms with E-state index in [2.05, 4.69) is 49.5 Å². The summed E-state index contributed by atoms with van der Waals surface area (Å²) in [6.07, 6.45) is 5.89. The molecule has 1 aromatic rings. The molecule has 1 unspecified atom stereocenters. The molecule has 1 atom stereocenters. The van der Waals surface area contributed by atoms with Gasteiger partial charge in [0.2, 0.25) is 0 Å². The van der Waals surface area contributed by atoms with E-state index in [1.807, 2.05) is 0 Å². The monoisotopic (exact) mass is 263 g/mol. The second-order valence-electron chi connectivity index (χ2n) is 5.03. The maximum Gasteiger partial charge on any atom is 0.0478 e. The zero-order valence-electron chi connectivity index (χ0n) is 12.5. The Morgan fingerprint density at radius 3 is 2.42 bits per heavy atom. The normalized spacial score (nSPS) is 12.5. The minimum Gasteiger partial charge on any atom is -0.381 e. The molecule has 0 aliphatic rings. The smallest absolute Gasteiger partial charge is 0.0478 e. The van der Waals surface area contributed by atoms with Gasteiger partial charge in [0.05, 0.1) is 0 Å². The highest BCUT2D eigenvalue weighted by Gasteiger charge is 2.08. The van der Waals surface area contributed by atoms with Crippen molar-refractivity contribution in [1.29, 1.82) is 0 Å².